The van der Waals surface area contributed by atoms with Crippen LogP contribution in [-0.4, -0.2) is 14.1 Å². The molecule has 0 aliphatic heterocycles. The van der Waals surface area contributed by atoms with E-state index in [1.54, 1.807) is 19.0 Å². The van der Waals surface area contributed by atoms with Gasteiger partial charge in [-0.05, 0) is 30.4 Å². The fraction of sp³-hybridized carbons (Fsp3) is 0.455. The molecule has 0 heterocycles. The number of nitrogens with zero attached hydrogens (tertiary/aromatic N) is 1. The van der Waals surface area contributed by atoms with E-state index in [-0.39, 0.29) is 0 Å². The molecular formula is C11H13F2N. The van der Waals surface area contributed by atoms with Gasteiger partial charge in [0.25, 0.3) is 0 Å². The first-order valence-corrected chi connectivity index (χ1v) is 4.76. The van der Waals surface area contributed by atoms with Crippen molar-refractivity contribution in [2.75, 3.05) is 19.0 Å². The molecule has 1 aromatic rings. The Morgan fingerprint density at radius 3 is 2.36 bits per heavy atom. The van der Waals surface area contributed by atoms with Crippen LogP contribution in [0.1, 0.15) is 24.3 Å². The molecule has 0 unspecified atom stereocenters. The van der Waals surface area contributed by atoms with Crippen LogP contribution in [0.2, 0.25) is 0 Å². The molecule has 14 heavy (non-hydrogen) atoms. The highest BCUT2D eigenvalue weighted by atomic mass is 19.1. The Labute approximate surface area is 82.3 Å². The molecule has 0 radical (unpaired) electrons. The summed E-state index contributed by atoms with van der Waals surface area (Å²) in [5.74, 6) is -0.579. The average molecular weight is 197 g/mol. The maximum Gasteiger partial charge on any atom is 0.149 e. The molecule has 0 saturated heterocycles. The molecule has 1 fully saturated rings. The smallest absolute Gasteiger partial charge is 0.149 e. The van der Waals surface area contributed by atoms with Crippen LogP contribution in [0.15, 0.2) is 12.1 Å². The largest absolute Gasteiger partial charge is 0.375 e. The van der Waals surface area contributed by atoms with Gasteiger partial charge in [-0.15, -0.1) is 0 Å². The summed E-state index contributed by atoms with van der Waals surface area (Å²) in [6, 6.07) is 2.40. The molecule has 0 atom stereocenters. The van der Waals surface area contributed by atoms with E-state index in [2.05, 4.69) is 0 Å². The van der Waals surface area contributed by atoms with Gasteiger partial charge >= 0.3 is 0 Å². The Balaban J connectivity index is 2.53. The molecule has 1 aliphatic rings. The Morgan fingerprint density at radius 1 is 1.21 bits per heavy atom. The second-order valence-electron chi connectivity index (χ2n) is 3.99. The fourth-order valence-electron chi connectivity index (χ4n) is 1.76. The van der Waals surface area contributed by atoms with Gasteiger partial charge in [0.1, 0.15) is 11.6 Å². The van der Waals surface area contributed by atoms with Crippen molar-refractivity contribution in [1.82, 2.24) is 0 Å². The number of halogens is 2. The third kappa shape index (κ3) is 1.59. The van der Waals surface area contributed by atoms with Gasteiger partial charge in [-0.1, -0.05) is 0 Å². The van der Waals surface area contributed by atoms with Gasteiger partial charge < -0.3 is 4.90 Å². The Kier molecular flexibility index (Phi) is 2.17. The Morgan fingerprint density at radius 2 is 1.86 bits per heavy atom. The lowest BCUT2D eigenvalue weighted by Gasteiger charge is -2.18. The maximum atomic E-state index is 13.5. The summed E-state index contributed by atoms with van der Waals surface area (Å²) in [6.07, 6.45) is 2.09. The monoisotopic (exact) mass is 197 g/mol. The van der Waals surface area contributed by atoms with E-state index in [0.29, 0.717) is 11.6 Å². The molecule has 3 heteroatoms. The molecule has 0 bridgehead atoms. The summed E-state index contributed by atoms with van der Waals surface area (Å²) < 4.78 is 26.5. The van der Waals surface area contributed by atoms with Crippen LogP contribution >= 0.6 is 0 Å². The first-order valence-electron chi connectivity index (χ1n) is 4.76. The van der Waals surface area contributed by atoms with Crippen molar-refractivity contribution in [1.29, 1.82) is 0 Å². The van der Waals surface area contributed by atoms with Gasteiger partial charge in [0.15, 0.2) is 0 Å². The molecule has 0 aromatic heterocycles. The van der Waals surface area contributed by atoms with Crippen molar-refractivity contribution in [3.8, 4) is 0 Å². The maximum absolute atomic E-state index is 13.5. The van der Waals surface area contributed by atoms with Crippen molar-refractivity contribution < 1.29 is 8.78 Å². The summed E-state index contributed by atoms with van der Waals surface area (Å²) in [7, 11) is 3.56. The van der Waals surface area contributed by atoms with Gasteiger partial charge in [0.2, 0.25) is 0 Å². The highest BCUT2D eigenvalue weighted by Crippen LogP contribution is 2.45. The van der Waals surface area contributed by atoms with Crippen molar-refractivity contribution in [3.63, 3.8) is 0 Å². The SMILES string of the molecule is CN(C)c1c(F)cc(F)cc1C1CC1. The molecule has 76 valence electrons. The van der Waals surface area contributed by atoms with Crippen LogP contribution in [0.4, 0.5) is 14.5 Å². The normalized spacial score (nSPS) is 15.7. The van der Waals surface area contributed by atoms with Gasteiger partial charge in [0, 0.05) is 20.2 Å². The predicted molar refractivity (Wildman–Crippen MR) is 52.7 cm³/mol. The van der Waals surface area contributed by atoms with E-state index in [9.17, 15) is 8.78 Å². The minimum atomic E-state index is -0.477. The minimum Gasteiger partial charge on any atom is -0.375 e. The van der Waals surface area contributed by atoms with Crippen LogP contribution in [0.5, 0.6) is 0 Å². The van der Waals surface area contributed by atoms with E-state index in [1.165, 1.54) is 6.07 Å². The van der Waals surface area contributed by atoms with Gasteiger partial charge in [0.05, 0.1) is 5.69 Å². The topological polar surface area (TPSA) is 3.24 Å². The summed E-state index contributed by atoms with van der Waals surface area (Å²) in [4.78, 5) is 1.71. The van der Waals surface area contributed by atoms with Gasteiger partial charge in [-0.3, -0.25) is 0 Å². The number of benzene rings is 1. The zero-order chi connectivity index (χ0) is 10.3. The molecule has 1 saturated carbocycles. The minimum absolute atomic E-state index is 0.359. The lowest BCUT2D eigenvalue weighted by Crippen LogP contribution is -2.13. The quantitative estimate of drug-likeness (QED) is 0.704. The number of hydrogen-bond donors (Lipinski definition) is 0. The molecular weight excluding hydrogens is 184 g/mol. The molecule has 0 amide bonds. The van der Waals surface area contributed by atoms with Crippen LogP contribution in [0, 0.1) is 11.6 Å². The van der Waals surface area contributed by atoms with Crippen molar-refractivity contribution in [2.45, 2.75) is 18.8 Å². The zero-order valence-corrected chi connectivity index (χ0v) is 8.35. The Hall–Kier alpha value is -1.12. The van der Waals surface area contributed by atoms with Crippen LogP contribution in [-0.2, 0) is 0 Å². The van der Waals surface area contributed by atoms with Gasteiger partial charge in [-0.2, -0.15) is 0 Å². The zero-order valence-electron chi connectivity index (χ0n) is 8.35. The first-order chi connectivity index (χ1) is 6.59. The fourth-order valence-corrected chi connectivity index (χ4v) is 1.76. The predicted octanol–water partition coefficient (Wildman–Crippen LogP) is 2.91. The van der Waals surface area contributed by atoms with E-state index in [4.69, 9.17) is 0 Å². The van der Waals surface area contributed by atoms with Crippen molar-refractivity contribution >= 4 is 5.69 Å². The standard InChI is InChI=1S/C11H13F2N/c1-14(2)11-9(7-3-4-7)5-8(12)6-10(11)13/h5-7H,3-4H2,1-2H3. The van der Waals surface area contributed by atoms with E-state index in [1.807, 2.05) is 0 Å². The van der Waals surface area contributed by atoms with Crippen molar-refractivity contribution in [2.24, 2.45) is 0 Å². The lowest BCUT2D eigenvalue weighted by molar-refractivity contribution is 0.579. The summed E-state index contributed by atoms with van der Waals surface area (Å²) >= 11 is 0. The number of rotatable bonds is 2. The third-order valence-electron chi connectivity index (χ3n) is 2.52. The highest BCUT2D eigenvalue weighted by Gasteiger charge is 2.28. The second-order valence-corrected chi connectivity index (χ2v) is 3.99. The molecule has 1 nitrogen and oxygen atoms in total. The third-order valence-corrected chi connectivity index (χ3v) is 2.52. The second kappa shape index (κ2) is 3.23. The van der Waals surface area contributed by atoms with E-state index >= 15 is 0 Å². The van der Waals surface area contributed by atoms with Crippen LogP contribution in [0.3, 0.4) is 0 Å². The van der Waals surface area contributed by atoms with Crippen LogP contribution < -0.4 is 4.90 Å². The number of hydrogen-bond acceptors (Lipinski definition) is 1. The highest BCUT2D eigenvalue weighted by molar-refractivity contribution is 5.56. The van der Waals surface area contributed by atoms with Crippen molar-refractivity contribution in [3.05, 3.63) is 29.3 Å². The summed E-state index contributed by atoms with van der Waals surface area (Å²) in [5, 5.41) is 0. The summed E-state index contributed by atoms with van der Waals surface area (Å²) in [5.41, 5.74) is 1.35. The first kappa shape index (κ1) is 9.44. The molecule has 0 N–H and O–H groups in total. The molecule has 0 spiro atoms. The van der Waals surface area contributed by atoms with E-state index in [0.717, 1.165) is 24.5 Å². The molecule has 2 rings (SSSR count). The molecule has 1 aromatic carbocycles. The Bertz CT molecular complexity index is 357. The summed E-state index contributed by atoms with van der Waals surface area (Å²) in [6.45, 7) is 0. The molecule has 1 aliphatic carbocycles. The van der Waals surface area contributed by atoms with Gasteiger partial charge in [-0.25, -0.2) is 8.78 Å². The lowest BCUT2D eigenvalue weighted by atomic mass is 10.1. The average Bonchev–Trinajstić information content (AvgIpc) is 2.82. The van der Waals surface area contributed by atoms with E-state index < -0.39 is 11.6 Å². The van der Waals surface area contributed by atoms with Crippen LogP contribution in [0.25, 0.3) is 0 Å². The number of anilines is 1.